The third-order valence-corrected chi connectivity index (χ3v) is 5.57. The Bertz CT molecular complexity index is 777. The summed E-state index contributed by atoms with van der Waals surface area (Å²) >= 11 is 4.07. The minimum atomic E-state index is -1.20. The van der Waals surface area contributed by atoms with Crippen molar-refractivity contribution < 1.29 is 29.1 Å². The van der Waals surface area contributed by atoms with Gasteiger partial charge < -0.3 is 44.0 Å². The van der Waals surface area contributed by atoms with E-state index in [1.165, 1.54) is 0 Å². The van der Waals surface area contributed by atoms with Crippen molar-refractivity contribution in [2.24, 2.45) is 33.8 Å². The highest BCUT2D eigenvalue weighted by atomic mass is 32.1. The van der Waals surface area contributed by atoms with Crippen LogP contribution >= 0.6 is 12.6 Å². The van der Waals surface area contributed by atoms with Gasteiger partial charge in [-0.15, -0.1) is 0 Å². The molecule has 0 aliphatic carbocycles. The lowest BCUT2D eigenvalue weighted by atomic mass is 9.98. The van der Waals surface area contributed by atoms with Crippen LogP contribution in [-0.2, 0) is 24.0 Å². The lowest BCUT2D eigenvalue weighted by molar-refractivity contribution is -0.144. The van der Waals surface area contributed by atoms with E-state index in [1.807, 2.05) is 0 Å². The second-order valence-electron chi connectivity index (χ2n) is 8.08. The number of carbonyl (C=O) groups is 5. The molecule has 0 saturated heterocycles. The normalized spacial score (nSPS) is 15.0. The number of primary amides is 1. The maximum atomic E-state index is 12.9. The average molecular weight is 519 g/mol. The molecule has 0 heterocycles. The topological polar surface area (TPSA) is 258 Å². The van der Waals surface area contributed by atoms with Crippen LogP contribution in [0, 0.1) is 5.92 Å². The zero-order valence-electron chi connectivity index (χ0n) is 20.0. The number of carboxylic acids is 1. The van der Waals surface area contributed by atoms with Crippen molar-refractivity contribution in [3.8, 4) is 0 Å². The molecule has 0 aromatic heterocycles. The summed E-state index contributed by atoms with van der Waals surface area (Å²) in [4.78, 5) is 64.3. The summed E-state index contributed by atoms with van der Waals surface area (Å²) in [6, 6.07) is -4.52. The summed E-state index contributed by atoms with van der Waals surface area (Å²) in [5.74, 6) is -4.58. The van der Waals surface area contributed by atoms with Crippen LogP contribution in [0.2, 0.25) is 0 Å². The number of rotatable bonds is 17. The van der Waals surface area contributed by atoms with E-state index in [9.17, 15) is 29.1 Å². The minimum absolute atomic E-state index is 0.00983. The number of carbonyl (C=O) groups excluding carboxylic acids is 4. The van der Waals surface area contributed by atoms with Crippen molar-refractivity contribution in [3.05, 3.63) is 0 Å². The Morgan fingerprint density at radius 1 is 0.943 bits per heavy atom. The Balaban J connectivity index is 5.42. The zero-order chi connectivity index (χ0) is 27.1. The predicted octanol–water partition coefficient (Wildman–Crippen LogP) is -2.85. The van der Waals surface area contributed by atoms with Crippen LogP contribution in [0.4, 0.5) is 0 Å². The Hall–Kier alpha value is -3.07. The first kappa shape index (κ1) is 31.9. The monoisotopic (exact) mass is 518 g/mol. The van der Waals surface area contributed by atoms with Crippen molar-refractivity contribution in [2.45, 2.75) is 70.1 Å². The van der Waals surface area contributed by atoms with Gasteiger partial charge in [0, 0.05) is 18.7 Å². The number of nitrogens with two attached hydrogens (primary N) is 4. The number of nitrogens with zero attached hydrogens (tertiary/aromatic N) is 1. The number of thiol groups is 1. The molecule has 0 radical (unpaired) electrons. The van der Waals surface area contributed by atoms with Gasteiger partial charge in [-0.25, -0.2) is 4.79 Å². The smallest absolute Gasteiger partial charge is 0.326 e. The third-order valence-electron chi connectivity index (χ3n) is 5.21. The molecule has 5 unspecified atom stereocenters. The van der Waals surface area contributed by atoms with Gasteiger partial charge in [0.1, 0.15) is 18.1 Å². The Labute approximate surface area is 209 Å². The number of aliphatic imine (C=N–C) groups is 1. The number of hydrogen-bond donors (Lipinski definition) is 9. The quantitative estimate of drug-likeness (QED) is 0.0414. The molecule has 4 amide bonds. The van der Waals surface area contributed by atoms with E-state index < -0.39 is 53.8 Å². The molecule has 0 rings (SSSR count). The van der Waals surface area contributed by atoms with Gasteiger partial charge >= 0.3 is 5.97 Å². The van der Waals surface area contributed by atoms with Crippen LogP contribution < -0.4 is 38.9 Å². The number of nitrogens with one attached hydrogen (secondary N) is 3. The van der Waals surface area contributed by atoms with Gasteiger partial charge in [-0.3, -0.25) is 24.2 Å². The van der Waals surface area contributed by atoms with E-state index in [1.54, 1.807) is 13.8 Å². The van der Waals surface area contributed by atoms with E-state index in [2.05, 4.69) is 33.6 Å². The number of amides is 4. The molecule has 0 saturated carbocycles. The van der Waals surface area contributed by atoms with Gasteiger partial charge in [-0.05, 0) is 25.2 Å². The average Bonchev–Trinajstić information content (AvgIpc) is 2.79. The van der Waals surface area contributed by atoms with E-state index in [0.29, 0.717) is 12.8 Å². The fourth-order valence-electron chi connectivity index (χ4n) is 2.88. The zero-order valence-corrected chi connectivity index (χ0v) is 20.9. The molecule has 0 aliphatic rings. The molecule has 0 spiro atoms. The number of carboxylic acid groups (broad SMARTS) is 1. The van der Waals surface area contributed by atoms with Gasteiger partial charge in [0.05, 0.1) is 6.04 Å². The van der Waals surface area contributed by atoms with Crippen LogP contribution in [0.25, 0.3) is 0 Å². The lowest BCUT2D eigenvalue weighted by Crippen LogP contribution is -2.58. The Morgan fingerprint density at radius 2 is 1.51 bits per heavy atom. The molecule has 0 aliphatic heterocycles. The first-order chi connectivity index (χ1) is 16.3. The standard InChI is InChI=1S/C20H38N8O6S/c1-3-10(2)15(19(33)34)28-17(31)12(5-4-8-25-20(23)24)26-18(32)13(9-35)27-16(30)11(21)6-7-14(22)29/h10-13,15,35H,3-9,21H2,1-2H3,(H2,22,29)(H,26,32)(H,27,30)(H,28,31)(H,33,34)(H4,23,24,25). The third kappa shape index (κ3) is 12.8. The molecule has 15 heteroatoms. The van der Waals surface area contributed by atoms with E-state index >= 15 is 0 Å². The van der Waals surface area contributed by atoms with Gasteiger partial charge in [-0.1, -0.05) is 20.3 Å². The molecule has 0 fully saturated rings. The maximum Gasteiger partial charge on any atom is 0.326 e. The molecular formula is C20H38N8O6S. The van der Waals surface area contributed by atoms with Crippen molar-refractivity contribution in [3.63, 3.8) is 0 Å². The fourth-order valence-corrected chi connectivity index (χ4v) is 3.14. The highest BCUT2D eigenvalue weighted by molar-refractivity contribution is 7.80. The molecule has 35 heavy (non-hydrogen) atoms. The summed E-state index contributed by atoms with van der Waals surface area (Å²) in [5, 5.41) is 16.9. The van der Waals surface area contributed by atoms with Crippen LogP contribution in [0.15, 0.2) is 4.99 Å². The summed E-state index contributed by atoms with van der Waals surface area (Å²) in [6.45, 7) is 3.64. The second kappa shape index (κ2) is 16.5. The minimum Gasteiger partial charge on any atom is -0.480 e. The number of guanidine groups is 1. The SMILES string of the molecule is CCC(C)C(NC(=O)C(CCCN=C(N)N)NC(=O)C(CS)NC(=O)C(N)CCC(N)=O)C(=O)O. The summed E-state index contributed by atoms with van der Waals surface area (Å²) < 4.78 is 0. The molecule has 0 bridgehead atoms. The van der Waals surface area contributed by atoms with Gasteiger partial charge in [0.2, 0.25) is 23.6 Å². The highest BCUT2D eigenvalue weighted by Gasteiger charge is 2.31. The van der Waals surface area contributed by atoms with E-state index in [0.717, 1.165) is 0 Å². The van der Waals surface area contributed by atoms with E-state index in [4.69, 9.17) is 22.9 Å². The van der Waals surface area contributed by atoms with Gasteiger partial charge in [0.25, 0.3) is 0 Å². The molecule has 0 aromatic carbocycles. The highest BCUT2D eigenvalue weighted by Crippen LogP contribution is 2.09. The molecule has 12 N–H and O–H groups in total. The Morgan fingerprint density at radius 3 is 2.00 bits per heavy atom. The predicted molar refractivity (Wildman–Crippen MR) is 133 cm³/mol. The van der Waals surface area contributed by atoms with E-state index in [-0.39, 0.29) is 43.4 Å². The largest absolute Gasteiger partial charge is 0.480 e. The van der Waals surface area contributed by atoms with Crippen molar-refractivity contribution in [1.29, 1.82) is 0 Å². The number of hydrogen-bond acceptors (Lipinski definition) is 8. The fraction of sp³-hybridized carbons (Fsp3) is 0.700. The summed E-state index contributed by atoms with van der Waals surface area (Å²) in [7, 11) is 0. The second-order valence-corrected chi connectivity index (χ2v) is 8.44. The number of aliphatic carboxylic acids is 1. The van der Waals surface area contributed by atoms with Crippen LogP contribution in [0.3, 0.4) is 0 Å². The first-order valence-electron chi connectivity index (χ1n) is 11.2. The van der Waals surface area contributed by atoms with Crippen molar-refractivity contribution in [1.82, 2.24) is 16.0 Å². The van der Waals surface area contributed by atoms with Crippen LogP contribution in [-0.4, -0.2) is 77.1 Å². The first-order valence-corrected chi connectivity index (χ1v) is 11.8. The molecule has 14 nitrogen and oxygen atoms in total. The van der Waals surface area contributed by atoms with Crippen molar-refractivity contribution in [2.75, 3.05) is 12.3 Å². The van der Waals surface area contributed by atoms with Crippen LogP contribution in [0.1, 0.15) is 46.0 Å². The molecular weight excluding hydrogens is 480 g/mol. The lowest BCUT2D eigenvalue weighted by Gasteiger charge is -2.26. The maximum absolute atomic E-state index is 12.9. The van der Waals surface area contributed by atoms with Crippen LogP contribution in [0.5, 0.6) is 0 Å². The summed E-state index contributed by atoms with van der Waals surface area (Å²) in [5.41, 5.74) is 21.4. The summed E-state index contributed by atoms with van der Waals surface area (Å²) in [6.07, 6.45) is 0.775. The Kier molecular flexibility index (Phi) is 15.1. The van der Waals surface area contributed by atoms with Crippen molar-refractivity contribution >= 4 is 48.2 Å². The molecule has 200 valence electrons. The van der Waals surface area contributed by atoms with Gasteiger partial charge in [-0.2, -0.15) is 12.6 Å². The molecule has 5 atom stereocenters. The van der Waals surface area contributed by atoms with Gasteiger partial charge in [0.15, 0.2) is 5.96 Å². The molecule has 0 aromatic rings.